The molecule has 1 atom stereocenters. The summed E-state index contributed by atoms with van der Waals surface area (Å²) < 4.78 is 73.1. The highest BCUT2D eigenvalue weighted by atomic mass is 32.2. The number of carbonyl (C=O) groups excluding carboxylic acids is 1. The Bertz CT molecular complexity index is 1550. The van der Waals surface area contributed by atoms with E-state index in [-0.39, 0.29) is 35.1 Å². The first-order chi connectivity index (χ1) is 17.9. The van der Waals surface area contributed by atoms with Crippen LogP contribution in [-0.2, 0) is 16.9 Å². The van der Waals surface area contributed by atoms with Crippen molar-refractivity contribution in [3.63, 3.8) is 0 Å². The van der Waals surface area contributed by atoms with Crippen molar-refractivity contribution in [1.29, 1.82) is 0 Å². The molecule has 10 nitrogen and oxygen atoms in total. The van der Waals surface area contributed by atoms with Crippen molar-refractivity contribution in [3.05, 3.63) is 59.0 Å². The topological polar surface area (TPSA) is 110 Å². The number of hydrogen-bond acceptors (Lipinski definition) is 7. The van der Waals surface area contributed by atoms with Crippen LogP contribution in [0.4, 0.5) is 18.0 Å². The second-order valence-corrected chi connectivity index (χ2v) is 11.1. The predicted octanol–water partition coefficient (Wildman–Crippen LogP) is 3.23. The fraction of sp³-hybridized carbons (Fsp3) is 0.333. The molecule has 0 aliphatic carbocycles. The van der Waals surface area contributed by atoms with Crippen LogP contribution in [0.15, 0.2) is 40.6 Å². The number of sulfone groups is 1. The van der Waals surface area contributed by atoms with Crippen molar-refractivity contribution in [3.8, 4) is 17.1 Å². The molecule has 0 saturated carbocycles. The molecule has 2 aliphatic rings. The fourth-order valence-corrected chi connectivity index (χ4v) is 5.52. The molecule has 38 heavy (non-hydrogen) atoms. The van der Waals surface area contributed by atoms with Crippen LogP contribution < -0.4 is 4.74 Å². The highest BCUT2D eigenvalue weighted by Crippen LogP contribution is 2.33. The molecule has 2 amide bonds. The molecule has 14 heteroatoms. The van der Waals surface area contributed by atoms with E-state index in [1.807, 2.05) is 0 Å². The number of hydrazone groups is 1. The Hall–Kier alpha value is -3.94. The van der Waals surface area contributed by atoms with Crippen molar-refractivity contribution >= 4 is 22.1 Å². The van der Waals surface area contributed by atoms with Crippen molar-refractivity contribution in [2.45, 2.75) is 30.5 Å². The highest BCUT2D eigenvalue weighted by molar-refractivity contribution is 7.90. The van der Waals surface area contributed by atoms with Gasteiger partial charge in [0.1, 0.15) is 17.7 Å². The van der Waals surface area contributed by atoms with Crippen LogP contribution >= 0.6 is 0 Å². The Labute approximate surface area is 216 Å². The van der Waals surface area contributed by atoms with Gasteiger partial charge in [-0.05, 0) is 24.6 Å². The summed E-state index contributed by atoms with van der Waals surface area (Å²) in [7, 11) is -2.02. The molecule has 1 fully saturated rings. The van der Waals surface area contributed by atoms with Gasteiger partial charge >= 0.3 is 6.03 Å². The SMILES string of the molecule is Cc1c(S(C)(=O)=O)nn(C)c1-c1cc(OC2CN(C(=O)N3N=CC[C@H]3c3cc(F)cc(F)c3)C2)c(F)cn1. The first kappa shape index (κ1) is 25.7. The number of urea groups is 1. The van der Waals surface area contributed by atoms with Gasteiger partial charge in [-0.25, -0.2) is 31.4 Å². The van der Waals surface area contributed by atoms with Crippen molar-refractivity contribution in [1.82, 2.24) is 24.7 Å². The van der Waals surface area contributed by atoms with Gasteiger partial charge in [0.25, 0.3) is 0 Å². The number of nitrogens with zero attached hydrogens (tertiary/aromatic N) is 6. The molecule has 0 bridgehead atoms. The lowest BCUT2D eigenvalue weighted by molar-refractivity contribution is 0.0256. The van der Waals surface area contributed by atoms with Gasteiger partial charge < -0.3 is 9.64 Å². The number of benzene rings is 1. The van der Waals surface area contributed by atoms with Gasteiger partial charge in [0.05, 0.1) is 36.7 Å². The zero-order valence-corrected chi connectivity index (χ0v) is 21.4. The van der Waals surface area contributed by atoms with E-state index >= 15 is 0 Å². The van der Waals surface area contributed by atoms with Crippen molar-refractivity contribution in [2.75, 3.05) is 19.3 Å². The van der Waals surface area contributed by atoms with E-state index in [4.69, 9.17) is 4.74 Å². The zero-order chi connectivity index (χ0) is 27.4. The number of halogens is 3. The van der Waals surface area contributed by atoms with Gasteiger partial charge in [0.2, 0.25) is 0 Å². The lowest BCUT2D eigenvalue weighted by atomic mass is 10.0. The minimum absolute atomic E-state index is 0.0967. The number of ether oxygens (including phenoxy) is 1. The molecule has 2 aliphatic heterocycles. The summed E-state index contributed by atoms with van der Waals surface area (Å²) in [6, 6.07) is 3.33. The molecule has 0 unspecified atom stereocenters. The Morgan fingerprint density at radius 3 is 2.42 bits per heavy atom. The number of pyridine rings is 1. The summed E-state index contributed by atoms with van der Waals surface area (Å²) in [4.78, 5) is 18.5. The third kappa shape index (κ3) is 4.71. The van der Waals surface area contributed by atoms with Crippen LogP contribution in [0.1, 0.15) is 23.6 Å². The van der Waals surface area contributed by atoms with Gasteiger partial charge in [0, 0.05) is 43.6 Å². The van der Waals surface area contributed by atoms with Gasteiger partial charge in [-0.1, -0.05) is 0 Å². The number of carbonyl (C=O) groups is 1. The summed E-state index contributed by atoms with van der Waals surface area (Å²) in [5.74, 6) is -2.33. The molecule has 0 N–H and O–H groups in total. The van der Waals surface area contributed by atoms with Crippen LogP contribution in [0.25, 0.3) is 11.4 Å². The molecule has 200 valence electrons. The second kappa shape index (κ2) is 9.42. The van der Waals surface area contributed by atoms with Crippen LogP contribution in [0, 0.1) is 24.4 Å². The third-order valence-corrected chi connectivity index (χ3v) is 7.45. The van der Waals surface area contributed by atoms with Gasteiger partial charge in [0.15, 0.2) is 26.4 Å². The number of aromatic nitrogens is 3. The largest absolute Gasteiger partial charge is 0.483 e. The number of likely N-dealkylation sites (tertiary alicyclic amines) is 1. The average molecular weight is 549 g/mol. The lowest BCUT2D eigenvalue weighted by Gasteiger charge is -2.41. The molecule has 3 aromatic rings. The maximum absolute atomic E-state index is 14.5. The van der Waals surface area contributed by atoms with E-state index in [1.54, 1.807) is 14.0 Å². The summed E-state index contributed by atoms with van der Waals surface area (Å²) in [5.41, 5.74) is 1.33. The predicted molar refractivity (Wildman–Crippen MR) is 130 cm³/mol. The number of amides is 2. The summed E-state index contributed by atoms with van der Waals surface area (Å²) in [6.45, 7) is 1.86. The molecular weight excluding hydrogens is 525 g/mol. The molecule has 0 spiro atoms. The summed E-state index contributed by atoms with van der Waals surface area (Å²) >= 11 is 0. The summed E-state index contributed by atoms with van der Waals surface area (Å²) in [5, 5.41) is 9.20. The zero-order valence-electron chi connectivity index (χ0n) is 20.6. The molecule has 4 heterocycles. The molecule has 0 radical (unpaired) electrons. The van der Waals surface area contributed by atoms with Crippen LogP contribution in [0.2, 0.25) is 0 Å². The monoisotopic (exact) mass is 548 g/mol. The first-order valence-electron chi connectivity index (χ1n) is 11.5. The van der Waals surface area contributed by atoms with E-state index in [0.717, 1.165) is 30.7 Å². The number of rotatable bonds is 5. The van der Waals surface area contributed by atoms with Gasteiger partial charge in [-0.3, -0.25) is 9.67 Å². The molecule has 1 aromatic carbocycles. The quantitative estimate of drug-likeness (QED) is 0.484. The van der Waals surface area contributed by atoms with E-state index in [9.17, 15) is 26.4 Å². The fourth-order valence-electron chi connectivity index (χ4n) is 4.59. The smallest absolute Gasteiger partial charge is 0.341 e. The van der Waals surface area contributed by atoms with Crippen molar-refractivity contribution in [2.24, 2.45) is 12.1 Å². The summed E-state index contributed by atoms with van der Waals surface area (Å²) in [6.07, 6.45) is 3.30. The van der Waals surface area contributed by atoms with Crippen LogP contribution in [0.5, 0.6) is 5.75 Å². The lowest BCUT2D eigenvalue weighted by Crippen LogP contribution is -2.58. The average Bonchev–Trinajstić information content (AvgIpc) is 3.40. The van der Waals surface area contributed by atoms with Crippen molar-refractivity contribution < 1.29 is 31.1 Å². The standard InChI is InChI=1S/C24H23F3N6O4S/c1-13-22(31(2)30-23(13)38(3,35)36)19-9-21(18(27)10-28-19)37-17-11-32(12-17)24(34)33-20(4-5-29-33)14-6-15(25)8-16(26)7-14/h5-10,17,20H,4,11-12H2,1-3H3/t20-/m0/s1. The Morgan fingerprint density at radius 2 is 1.79 bits per heavy atom. The van der Waals surface area contributed by atoms with Crippen LogP contribution in [0.3, 0.4) is 0 Å². The minimum Gasteiger partial charge on any atom is -0.483 e. The number of aryl methyl sites for hydroxylation is 1. The molecule has 2 aromatic heterocycles. The highest BCUT2D eigenvalue weighted by Gasteiger charge is 2.39. The van der Waals surface area contributed by atoms with E-state index < -0.39 is 45.5 Å². The molecular formula is C24H23F3N6O4S. The Kier molecular flexibility index (Phi) is 6.37. The van der Waals surface area contributed by atoms with Gasteiger partial charge in [-0.15, -0.1) is 0 Å². The maximum Gasteiger partial charge on any atom is 0.341 e. The normalized spacial score (nSPS) is 17.7. The number of hydrogen-bond donors (Lipinski definition) is 0. The van der Waals surface area contributed by atoms with Crippen LogP contribution in [-0.4, -0.2) is 70.8 Å². The minimum atomic E-state index is -3.58. The second-order valence-electron chi connectivity index (χ2n) is 9.20. The van der Waals surface area contributed by atoms with Gasteiger partial charge in [-0.2, -0.15) is 10.2 Å². The Balaban J connectivity index is 1.28. The third-order valence-electron chi connectivity index (χ3n) is 6.36. The molecule has 1 saturated heterocycles. The first-order valence-corrected chi connectivity index (χ1v) is 13.4. The Morgan fingerprint density at radius 1 is 1.11 bits per heavy atom. The van der Waals surface area contributed by atoms with E-state index in [0.29, 0.717) is 17.7 Å². The van der Waals surface area contributed by atoms with E-state index in [2.05, 4.69) is 15.2 Å². The van der Waals surface area contributed by atoms with E-state index in [1.165, 1.54) is 26.9 Å². The maximum atomic E-state index is 14.5. The molecule has 5 rings (SSSR count).